The summed E-state index contributed by atoms with van der Waals surface area (Å²) >= 11 is 0. The summed E-state index contributed by atoms with van der Waals surface area (Å²) in [5.41, 5.74) is 5.87. The van der Waals surface area contributed by atoms with Crippen molar-refractivity contribution in [2.45, 2.75) is 18.6 Å². The van der Waals surface area contributed by atoms with Gasteiger partial charge in [0.15, 0.2) is 0 Å². The number of alkyl halides is 3. The van der Waals surface area contributed by atoms with Crippen LogP contribution in [0.4, 0.5) is 24.5 Å². The highest BCUT2D eigenvalue weighted by Gasteiger charge is 2.34. The number of nitrogens with one attached hydrogen (secondary N) is 1. The Bertz CT molecular complexity index is 817. The number of anilines is 2. The van der Waals surface area contributed by atoms with Crippen LogP contribution in [0.15, 0.2) is 48.5 Å². The molecule has 1 unspecified atom stereocenters. The van der Waals surface area contributed by atoms with Crippen molar-refractivity contribution in [3.8, 4) is 0 Å². The fourth-order valence-corrected chi connectivity index (χ4v) is 2.83. The highest BCUT2D eigenvalue weighted by atomic mass is 19.4. The summed E-state index contributed by atoms with van der Waals surface area (Å²) < 4.78 is 37.9. The number of carbonyl (C=O) groups is 2. The number of carbonyl (C=O) groups excluding carboxylic acids is 2. The van der Waals surface area contributed by atoms with Gasteiger partial charge in [0.2, 0.25) is 11.8 Å². The second-order valence-electron chi connectivity index (χ2n) is 5.96. The molecule has 0 aliphatic carbocycles. The molecule has 0 spiro atoms. The van der Waals surface area contributed by atoms with Crippen molar-refractivity contribution in [2.75, 3.05) is 16.8 Å². The molecule has 1 aliphatic heterocycles. The van der Waals surface area contributed by atoms with E-state index < -0.39 is 23.7 Å². The minimum Gasteiger partial charge on any atom is -0.374 e. The third-order valence-corrected chi connectivity index (χ3v) is 4.22. The maximum absolute atomic E-state index is 12.6. The number of halogens is 3. The number of nitrogens with zero attached hydrogens (tertiary/aromatic N) is 1. The van der Waals surface area contributed by atoms with E-state index in [2.05, 4.69) is 5.32 Å². The maximum atomic E-state index is 12.6. The first-order chi connectivity index (χ1) is 12.3. The number of benzene rings is 2. The summed E-state index contributed by atoms with van der Waals surface area (Å²) in [6.45, 7) is 0.404. The van der Waals surface area contributed by atoms with Gasteiger partial charge in [-0.3, -0.25) is 9.59 Å². The molecule has 26 heavy (non-hydrogen) atoms. The Hall–Kier alpha value is -3.03. The predicted octanol–water partition coefficient (Wildman–Crippen LogP) is 3.02. The normalized spacial score (nSPS) is 17.4. The van der Waals surface area contributed by atoms with Crippen LogP contribution in [0.5, 0.6) is 0 Å². The lowest BCUT2D eigenvalue weighted by molar-refractivity contribution is -0.137. The smallest absolute Gasteiger partial charge is 0.374 e. The summed E-state index contributed by atoms with van der Waals surface area (Å²) in [5, 5.41) is 3.07. The lowest BCUT2D eigenvalue weighted by atomic mass is 10.1. The molecule has 8 heteroatoms. The second kappa shape index (κ2) is 6.70. The van der Waals surface area contributed by atoms with Gasteiger partial charge in [-0.05, 0) is 55.0 Å². The Labute approximate surface area is 147 Å². The van der Waals surface area contributed by atoms with Gasteiger partial charge in [0, 0.05) is 23.5 Å². The van der Waals surface area contributed by atoms with E-state index in [0.717, 1.165) is 12.1 Å². The summed E-state index contributed by atoms with van der Waals surface area (Å²) in [4.78, 5) is 25.1. The fraction of sp³-hybridized carbons (Fsp3) is 0.222. The predicted molar refractivity (Wildman–Crippen MR) is 90.8 cm³/mol. The number of rotatable bonds is 4. The largest absolute Gasteiger partial charge is 0.416 e. The number of hydrogen-bond donors (Lipinski definition) is 2. The molecule has 136 valence electrons. The van der Waals surface area contributed by atoms with Gasteiger partial charge >= 0.3 is 6.18 Å². The summed E-state index contributed by atoms with van der Waals surface area (Å²) in [6.07, 6.45) is -3.90. The molecule has 2 aromatic rings. The van der Waals surface area contributed by atoms with Crippen LogP contribution in [-0.4, -0.2) is 24.4 Å². The van der Waals surface area contributed by atoms with E-state index in [1.807, 2.05) is 0 Å². The highest BCUT2D eigenvalue weighted by Crippen LogP contribution is 2.31. The van der Waals surface area contributed by atoms with Gasteiger partial charge in [0.25, 0.3) is 0 Å². The van der Waals surface area contributed by atoms with E-state index in [9.17, 15) is 22.8 Å². The molecule has 1 heterocycles. The van der Waals surface area contributed by atoms with E-state index in [0.29, 0.717) is 29.9 Å². The average Bonchev–Trinajstić information content (AvgIpc) is 2.95. The first-order valence-corrected chi connectivity index (χ1v) is 7.91. The molecular weight excluding hydrogens is 347 g/mol. The number of nitrogens with two attached hydrogens (primary N) is 1. The molecule has 1 atom stereocenters. The molecule has 1 saturated heterocycles. The van der Waals surface area contributed by atoms with Crippen LogP contribution in [0.1, 0.15) is 22.3 Å². The van der Waals surface area contributed by atoms with Crippen LogP contribution < -0.4 is 16.0 Å². The van der Waals surface area contributed by atoms with Crippen molar-refractivity contribution >= 4 is 23.2 Å². The Morgan fingerprint density at radius 2 is 1.69 bits per heavy atom. The van der Waals surface area contributed by atoms with Crippen LogP contribution in [0, 0.1) is 0 Å². The molecule has 5 nitrogen and oxygen atoms in total. The standard InChI is InChI=1S/C18H16F3N3O2/c19-18(20,21)12-3-7-14(8-4-12)24-10-9-15(17(24)26)23-13-5-1-11(2-6-13)16(22)25/h1-8,15,23H,9-10H2,(H2,22,25). The van der Waals surface area contributed by atoms with Crippen molar-refractivity contribution < 1.29 is 22.8 Å². The molecule has 1 aliphatic rings. The Kier molecular flexibility index (Phi) is 4.58. The van der Waals surface area contributed by atoms with E-state index in [-0.39, 0.29) is 5.91 Å². The molecule has 1 fully saturated rings. The molecule has 0 radical (unpaired) electrons. The van der Waals surface area contributed by atoms with E-state index in [4.69, 9.17) is 5.73 Å². The van der Waals surface area contributed by atoms with E-state index >= 15 is 0 Å². The summed E-state index contributed by atoms with van der Waals surface area (Å²) in [7, 11) is 0. The zero-order chi connectivity index (χ0) is 18.9. The molecule has 0 saturated carbocycles. The van der Waals surface area contributed by atoms with Crippen LogP contribution in [0.3, 0.4) is 0 Å². The van der Waals surface area contributed by atoms with Crippen molar-refractivity contribution in [1.82, 2.24) is 0 Å². The van der Waals surface area contributed by atoms with Crippen molar-refractivity contribution in [2.24, 2.45) is 5.73 Å². The number of primary amides is 1. The van der Waals surface area contributed by atoms with Gasteiger partial charge in [-0.2, -0.15) is 13.2 Å². The summed E-state index contributed by atoms with van der Waals surface area (Å²) in [5.74, 6) is -0.759. The average molecular weight is 363 g/mol. The van der Waals surface area contributed by atoms with Gasteiger partial charge in [0.1, 0.15) is 6.04 Å². The molecule has 0 aromatic heterocycles. The van der Waals surface area contributed by atoms with Crippen LogP contribution in [0.2, 0.25) is 0 Å². The van der Waals surface area contributed by atoms with Crippen LogP contribution >= 0.6 is 0 Å². The molecule has 3 N–H and O–H groups in total. The Morgan fingerprint density at radius 3 is 2.23 bits per heavy atom. The van der Waals surface area contributed by atoms with Crippen LogP contribution in [0.25, 0.3) is 0 Å². The SMILES string of the molecule is NC(=O)c1ccc(NC2CCN(c3ccc(C(F)(F)F)cc3)C2=O)cc1. The van der Waals surface area contributed by atoms with Crippen molar-refractivity contribution in [1.29, 1.82) is 0 Å². The first-order valence-electron chi connectivity index (χ1n) is 7.91. The highest BCUT2D eigenvalue weighted by molar-refractivity contribution is 6.01. The van der Waals surface area contributed by atoms with Crippen molar-refractivity contribution in [3.05, 3.63) is 59.7 Å². The van der Waals surface area contributed by atoms with Gasteiger partial charge in [-0.15, -0.1) is 0 Å². The lowest BCUT2D eigenvalue weighted by Crippen LogP contribution is -2.33. The zero-order valence-corrected chi connectivity index (χ0v) is 13.6. The van der Waals surface area contributed by atoms with Crippen molar-refractivity contribution in [3.63, 3.8) is 0 Å². The van der Waals surface area contributed by atoms with E-state index in [1.54, 1.807) is 24.3 Å². The van der Waals surface area contributed by atoms with E-state index in [1.165, 1.54) is 17.0 Å². The zero-order valence-electron chi connectivity index (χ0n) is 13.6. The van der Waals surface area contributed by atoms with Crippen LogP contribution in [-0.2, 0) is 11.0 Å². The lowest BCUT2D eigenvalue weighted by Gasteiger charge is -2.18. The topological polar surface area (TPSA) is 75.4 Å². The Balaban J connectivity index is 1.68. The van der Waals surface area contributed by atoms with Gasteiger partial charge in [-0.25, -0.2) is 0 Å². The monoisotopic (exact) mass is 363 g/mol. The maximum Gasteiger partial charge on any atom is 0.416 e. The third-order valence-electron chi connectivity index (χ3n) is 4.22. The minimum absolute atomic E-state index is 0.219. The molecule has 3 rings (SSSR count). The Morgan fingerprint density at radius 1 is 1.08 bits per heavy atom. The quantitative estimate of drug-likeness (QED) is 0.877. The molecule has 0 bridgehead atoms. The van der Waals surface area contributed by atoms with Gasteiger partial charge in [0.05, 0.1) is 5.56 Å². The van der Waals surface area contributed by atoms with Gasteiger partial charge < -0.3 is 16.0 Å². The molecular formula is C18H16F3N3O2. The number of amides is 2. The molecule has 2 amide bonds. The minimum atomic E-state index is -4.41. The number of hydrogen-bond acceptors (Lipinski definition) is 3. The third kappa shape index (κ3) is 3.63. The second-order valence-corrected chi connectivity index (χ2v) is 5.96. The first kappa shape index (κ1) is 17.8. The molecule has 2 aromatic carbocycles. The fourth-order valence-electron chi connectivity index (χ4n) is 2.83. The summed E-state index contributed by atoms with van der Waals surface area (Å²) in [6, 6.07) is 10.4. The van der Waals surface area contributed by atoms with Gasteiger partial charge in [-0.1, -0.05) is 0 Å².